The molecule has 0 unspecified atom stereocenters. The number of hydrogen-bond acceptors (Lipinski definition) is 5. The van der Waals surface area contributed by atoms with Gasteiger partial charge in [-0.1, -0.05) is 13.8 Å². The van der Waals surface area contributed by atoms with Gasteiger partial charge in [0.15, 0.2) is 0 Å². The molecule has 1 heterocycles. The van der Waals surface area contributed by atoms with Gasteiger partial charge in [0.2, 0.25) is 10.0 Å². The van der Waals surface area contributed by atoms with Crippen LogP contribution >= 0.6 is 0 Å². The molecule has 0 radical (unpaired) electrons. The Morgan fingerprint density at radius 2 is 1.96 bits per heavy atom. The molecular weight excluding hydrogens is 318 g/mol. The lowest BCUT2D eigenvalue weighted by atomic mass is 9.88. The van der Waals surface area contributed by atoms with Crippen LogP contribution in [0.2, 0.25) is 0 Å². The van der Waals surface area contributed by atoms with E-state index in [4.69, 9.17) is 5.14 Å². The molecule has 8 heteroatoms. The summed E-state index contributed by atoms with van der Waals surface area (Å²) in [6.07, 6.45) is 3.15. The van der Waals surface area contributed by atoms with E-state index in [1.54, 1.807) is 0 Å². The fraction of sp³-hybridized carbons (Fsp3) is 0.600. The third-order valence-electron chi connectivity index (χ3n) is 4.23. The molecular formula is C15H23N3O4S. The summed E-state index contributed by atoms with van der Waals surface area (Å²) in [5.74, 6) is 1.30. The molecule has 1 aliphatic heterocycles. The Morgan fingerprint density at radius 1 is 1.35 bits per heavy atom. The highest BCUT2D eigenvalue weighted by Crippen LogP contribution is 2.34. The maximum Gasteiger partial charge on any atom is 0.293 e. The average Bonchev–Trinajstić information content (AvgIpc) is 2.46. The summed E-state index contributed by atoms with van der Waals surface area (Å²) in [5.41, 5.74) is 0.254. The van der Waals surface area contributed by atoms with Crippen molar-refractivity contribution in [3.63, 3.8) is 0 Å². The van der Waals surface area contributed by atoms with Crippen molar-refractivity contribution >= 4 is 21.4 Å². The number of nitrogens with two attached hydrogens (primary N) is 1. The fourth-order valence-electron chi connectivity index (χ4n) is 3.17. The third-order valence-corrected chi connectivity index (χ3v) is 5.14. The summed E-state index contributed by atoms with van der Waals surface area (Å²) >= 11 is 0. The molecule has 2 N–H and O–H groups in total. The van der Waals surface area contributed by atoms with E-state index in [0.717, 1.165) is 32.0 Å². The SMILES string of the molecule is CC(C)CC1CCN(c2ccc(S(N)(=O)=O)cc2[N+](=O)[O-])CC1. The van der Waals surface area contributed by atoms with E-state index in [9.17, 15) is 18.5 Å². The van der Waals surface area contributed by atoms with E-state index in [1.807, 2.05) is 4.90 Å². The van der Waals surface area contributed by atoms with Gasteiger partial charge in [-0.15, -0.1) is 0 Å². The molecule has 0 bridgehead atoms. The molecule has 7 nitrogen and oxygen atoms in total. The Kier molecular flexibility index (Phi) is 5.26. The van der Waals surface area contributed by atoms with Crippen molar-refractivity contribution in [2.75, 3.05) is 18.0 Å². The van der Waals surface area contributed by atoms with Crippen LogP contribution in [0, 0.1) is 22.0 Å². The topological polar surface area (TPSA) is 107 Å². The minimum absolute atomic E-state index is 0.209. The maximum atomic E-state index is 11.4. The fourth-order valence-corrected chi connectivity index (χ4v) is 3.70. The first-order chi connectivity index (χ1) is 10.7. The van der Waals surface area contributed by atoms with Crippen LogP contribution in [-0.4, -0.2) is 26.4 Å². The normalized spacial score (nSPS) is 16.8. The molecule has 0 atom stereocenters. The number of primary sulfonamides is 1. The van der Waals surface area contributed by atoms with E-state index in [1.165, 1.54) is 18.6 Å². The summed E-state index contributed by atoms with van der Waals surface area (Å²) in [5, 5.41) is 16.4. The van der Waals surface area contributed by atoms with Crippen molar-refractivity contribution in [2.24, 2.45) is 17.0 Å². The molecule has 1 aromatic rings. The molecule has 0 saturated carbocycles. The van der Waals surface area contributed by atoms with Crippen molar-refractivity contribution in [3.8, 4) is 0 Å². The third kappa shape index (κ3) is 4.42. The van der Waals surface area contributed by atoms with Crippen LogP contribution in [0.15, 0.2) is 23.1 Å². The second kappa shape index (κ2) is 6.84. The van der Waals surface area contributed by atoms with Crippen molar-refractivity contribution < 1.29 is 13.3 Å². The molecule has 0 aromatic heterocycles. The minimum atomic E-state index is -3.95. The second-order valence-corrected chi connectivity index (χ2v) is 8.07. The highest BCUT2D eigenvalue weighted by Gasteiger charge is 2.26. The highest BCUT2D eigenvalue weighted by atomic mass is 32.2. The second-order valence-electron chi connectivity index (χ2n) is 6.51. The number of piperidine rings is 1. The average molecular weight is 341 g/mol. The molecule has 0 amide bonds. The van der Waals surface area contributed by atoms with Crippen molar-refractivity contribution in [1.29, 1.82) is 0 Å². The van der Waals surface area contributed by atoms with Crippen LogP contribution in [-0.2, 0) is 10.0 Å². The van der Waals surface area contributed by atoms with Crippen LogP contribution in [0.1, 0.15) is 33.1 Å². The van der Waals surface area contributed by atoms with E-state index in [0.29, 0.717) is 17.5 Å². The number of nitro benzene ring substituents is 1. The molecule has 1 aromatic carbocycles. The van der Waals surface area contributed by atoms with Crippen molar-refractivity contribution in [3.05, 3.63) is 28.3 Å². The Bertz CT molecular complexity index is 680. The smallest absolute Gasteiger partial charge is 0.293 e. The van der Waals surface area contributed by atoms with Crippen LogP contribution in [0.5, 0.6) is 0 Å². The lowest BCUT2D eigenvalue weighted by molar-refractivity contribution is -0.384. The van der Waals surface area contributed by atoms with Crippen molar-refractivity contribution in [1.82, 2.24) is 0 Å². The summed E-state index contributed by atoms with van der Waals surface area (Å²) < 4.78 is 22.8. The van der Waals surface area contributed by atoms with Gasteiger partial charge in [0.25, 0.3) is 5.69 Å². The Balaban J connectivity index is 2.22. The number of hydrogen-bond donors (Lipinski definition) is 1. The zero-order valence-corrected chi connectivity index (χ0v) is 14.3. The van der Waals surface area contributed by atoms with Gasteiger partial charge in [-0.25, -0.2) is 13.6 Å². The van der Waals surface area contributed by atoms with E-state index < -0.39 is 14.9 Å². The molecule has 0 aliphatic carbocycles. The van der Waals surface area contributed by atoms with Gasteiger partial charge in [0, 0.05) is 19.2 Å². The number of nitrogens with zero attached hydrogens (tertiary/aromatic N) is 2. The summed E-state index contributed by atoms with van der Waals surface area (Å²) in [4.78, 5) is 12.5. The lowest BCUT2D eigenvalue weighted by Crippen LogP contribution is -2.34. The monoisotopic (exact) mass is 341 g/mol. The number of anilines is 1. The molecule has 1 saturated heterocycles. The number of benzene rings is 1. The molecule has 23 heavy (non-hydrogen) atoms. The summed E-state index contributed by atoms with van der Waals surface area (Å²) in [6.45, 7) is 5.88. The van der Waals surface area contributed by atoms with Gasteiger partial charge < -0.3 is 4.90 Å². The Morgan fingerprint density at radius 3 is 2.43 bits per heavy atom. The molecule has 1 fully saturated rings. The van der Waals surface area contributed by atoms with Gasteiger partial charge in [-0.05, 0) is 43.2 Å². The molecule has 128 valence electrons. The van der Waals surface area contributed by atoms with Crippen LogP contribution in [0.3, 0.4) is 0 Å². The highest BCUT2D eigenvalue weighted by molar-refractivity contribution is 7.89. The zero-order valence-electron chi connectivity index (χ0n) is 13.4. The summed E-state index contributed by atoms with van der Waals surface area (Å²) in [7, 11) is -3.95. The van der Waals surface area contributed by atoms with Gasteiger partial charge in [-0.2, -0.15) is 0 Å². The first-order valence-corrected chi connectivity index (χ1v) is 9.29. The minimum Gasteiger partial charge on any atom is -0.366 e. The first kappa shape index (κ1) is 17.7. The van der Waals surface area contributed by atoms with Gasteiger partial charge in [0.1, 0.15) is 5.69 Å². The predicted molar refractivity (Wildman–Crippen MR) is 88.9 cm³/mol. The number of sulfonamides is 1. The van der Waals surface area contributed by atoms with E-state index in [-0.39, 0.29) is 10.6 Å². The molecule has 1 aliphatic rings. The van der Waals surface area contributed by atoms with Crippen molar-refractivity contribution in [2.45, 2.75) is 38.0 Å². The Hall–Kier alpha value is -1.67. The van der Waals surface area contributed by atoms with Crippen LogP contribution in [0.25, 0.3) is 0 Å². The zero-order chi connectivity index (χ0) is 17.2. The predicted octanol–water partition coefficient (Wildman–Crippen LogP) is 2.50. The number of nitro groups is 1. The quantitative estimate of drug-likeness (QED) is 0.654. The molecule has 0 spiro atoms. The molecule has 2 rings (SSSR count). The van der Waals surface area contributed by atoms with Crippen LogP contribution < -0.4 is 10.0 Å². The van der Waals surface area contributed by atoms with E-state index >= 15 is 0 Å². The van der Waals surface area contributed by atoms with Crippen LogP contribution in [0.4, 0.5) is 11.4 Å². The van der Waals surface area contributed by atoms with E-state index in [2.05, 4.69) is 13.8 Å². The largest absolute Gasteiger partial charge is 0.366 e. The summed E-state index contributed by atoms with van der Waals surface area (Å²) in [6, 6.07) is 3.86. The maximum absolute atomic E-state index is 11.4. The number of rotatable bonds is 5. The van der Waals surface area contributed by atoms with Gasteiger partial charge in [-0.3, -0.25) is 10.1 Å². The lowest BCUT2D eigenvalue weighted by Gasteiger charge is -2.34. The van der Waals surface area contributed by atoms with Gasteiger partial charge >= 0.3 is 0 Å². The first-order valence-electron chi connectivity index (χ1n) is 7.74. The standard InChI is InChI=1S/C15H23N3O4S/c1-11(2)9-12-5-7-17(8-6-12)14-4-3-13(23(16,21)22)10-15(14)18(19)20/h3-4,10-12H,5-9H2,1-2H3,(H2,16,21,22). The van der Waals surface area contributed by atoms with Gasteiger partial charge in [0.05, 0.1) is 9.82 Å². The Labute approximate surface area is 136 Å².